The van der Waals surface area contributed by atoms with Gasteiger partial charge in [-0.25, -0.2) is 0 Å². The summed E-state index contributed by atoms with van der Waals surface area (Å²) < 4.78 is 10.9. The molecule has 1 aliphatic heterocycles. The van der Waals surface area contributed by atoms with Crippen LogP contribution in [0.15, 0.2) is 36.4 Å². The van der Waals surface area contributed by atoms with Crippen molar-refractivity contribution in [2.24, 2.45) is 5.92 Å². The third-order valence-corrected chi connectivity index (χ3v) is 5.57. The Bertz CT molecular complexity index is 739. The molecule has 0 N–H and O–H groups in total. The van der Waals surface area contributed by atoms with Crippen LogP contribution in [0.4, 0.5) is 5.69 Å². The molecule has 2 unspecified atom stereocenters. The number of hydrogen-bond donors (Lipinski definition) is 0. The summed E-state index contributed by atoms with van der Waals surface area (Å²) in [5, 5.41) is 0. The maximum absolute atomic E-state index is 5.48. The van der Waals surface area contributed by atoms with Gasteiger partial charge >= 0.3 is 0 Å². The molecule has 2 aromatic carbocycles. The summed E-state index contributed by atoms with van der Waals surface area (Å²) >= 11 is 0. The first-order valence-corrected chi connectivity index (χ1v) is 10.0. The van der Waals surface area contributed by atoms with Gasteiger partial charge in [-0.2, -0.15) is 0 Å². The first-order chi connectivity index (χ1) is 13.0. The van der Waals surface area contributed by atoms with Crippen LogP contribution >= 0.6 is 0 Å². The largest absolute Gasteiger partial charge is 0.493 e. The lowest BCUT2D eigenvalue weighted by Gasteiger charge is -2.39. The first kappa shape index (κ1) is 19.6. The van der Waals surface area contributed by atoms with E-state index in [1.54, 1.807) is 14.2 Å². The van der Waals surface area contributed by atoms with E-state index in [9.17, 15) is 0 Å². The molecule has 0 bridgehead atoms. The highest BCUT2D eigenvalue weighted by molar-refractivity contribution is 5.49. The van der Waals surface area contributed by atoms with Crippen molar-refractivity contribution in [2.45, 2.75) is 52.0 Å². The zero-order valence-corrected chi connectivity index (χ0v) is 17.3. The van der Waals surface area contributed by atoms with Crippen LogP contribution in [-0.4, -0.2) is 26.8 Å². The highest BCUT2D eigenvalue weighted by Crippen LogP contribution is 2.37. The van der Waals surface area contributed by atoms with Crippen molar-refractivity contribution in [3.63, 3.8) is 0 Å². The summed E-state index contributed by atoms with van der Waals surface area (Å²) in [7, 11) is 3.38. The lowest BCUT2D eigenvalue weighted by molar-refractivity contribution is 0.353. The Hall–Kier alpha value is -2.16. The van der Waals surface area contributed by atoms with Crippen LogP contribution in [0.25, 0.3) is 0 Å². The predicted molar refractivity (Wildman–Crippen MR) is 112 cm³/mol. The van der Waals surface area contributed by atoms with E-state index in [4.69, 9.17) is 9.47 Å². The van der Waals surface area contributed by atoms with Crippen molar-refractivity contribution >= 4 is 5.69 Å². The van der Waals surface area contributed by atoms with E-state index in [0.717, 1.165) is 37.3 Å². The van der Waals surface area contributed by atoms with Crippen molar-refractivity contribution in [1.82, 2.24) is 0 Å². The summed E-state index contributed by atoms with van der Waals surface area (Å²) in [5.41, 5.74) is 3.94. The van der Waals surface area contributed by atoms with Gasteiger partial charge in [-0.15, -0.1) is 0 Å². The molecule has 1 aliphatic rings. The van der Waals surface area contributed by atoms with Crippen LogP contribution in [0.3, 0.4) is 0 Å². The topological polar surface area (TPSA) is 21.7 Å². The number of piperidine rings is 1. The van der Waals surface area contributed by atoms with Gasteiger partial charge in [0.05, 0.1) is 14.2 Å². The number of benzene rings is 2. The molecule has 0 aromatic heterocycles. The summed E-state index contributed by atoms with van der Waals surface area (Å²) in [5.74, 6) is 2.85. The zero-order chi connectivity index (χ0) is 19.4. The van der Waals surface area contributed by atoms with Crippen LogP contribution in [0.1, 0.15) is 50.7 Å². The normalized spacial score (nSPS) is 20.0. The van der Waals surface area contributed by atoms with Crippen LogP contribution in [0, 0.1) is 12.0 Å². The third-order valence-electron chi connectivity index (χ3n) is 5.57. The maximum atomic E-state index is 5.48. The Labute approximate surface area is 164 Å². The number of methoxy groups -OCH3 is 2. The molecule has 0 aliphatic carbocycles. The molecule has 145 valence electrons. The Morgan fingerprint density at radius 3 is 2.48 bits per heavy atom. The molecule has 2 aromatic rings. The molecule has 0 spiro atoms. The van der Waals surface area contributed by atoms with Crippen LogP contribution in [0.2, 0.25) is 0 Å². The summed E-state index contributed by atoms with van der Waals surface area (Å²) in [4.78, 5) is 2.50. The lowest BCUT2D eigenvalue weighted by atomic mass is 9.85. The van der Waals surface area contributed by atoms with Gasteiger partial charge < -0.3 is 14.4 Å². The van der Waals surface area contributed by atoms with Gasteiger partial charge in [-0.3, -0.25) is 0 Å². The molecule has 1 heterocycles. The molecule has 1 saturated heterocycles. The number of ether oxygens (including phenoxy) is 2. The van der Waals surface area contributed by atoms with Crippen molar-refractivity contribution in [2.75, 3.05) is 25.7 Å². The fraction of sp³-hybridized carbons (Fsp3) is 0.500. The van der Waals surface area contributed by atoms with E-state index in [2.05, 4.69) is 62.1 Å². The molecule has 2 atom stereocenters. The monoisotopic (exact) mass is 366 g/mol. The standard InChI is InChI=1S/C24H32NO2/c1-17(2)14-19-6-9-22(10-7-19)25-13-12-21(15-18(25)3)20-8-11-23(26-4)24(16-20)27-5/h6-9,11,16-18,21H,12-15H2,1-5H3. The van der Waals surface area contributed by atoms with Gasteiger partial charge in [0.1, 0.15) is 0 Å². The van der Waals surface area contributed by atoms with Crippen LogP contribution in [-0.2, 0) is 6.42 Å². The van der Waals surface area contributed by atoms with Crippen LogP contribution in [0.5, 0.6) is 11.5 Å². The minimum Gasteiger partial charge on any atom is -0.493 e. The minimum atomic E-state index is 0.490. The second-order valence-corrected chi connectivity index (χ2v) is 8.06. The Morgan fingerprint density at radius 1 is 1.11 bits per heavy atom. The van der Waals surface area contributed by atoms with E-state index in [-0.39, 0.29) is 0 Å². The van der Waals surface area contributed by atoms with E-state index in [1.165, 1.54) is 16.8 Å². The van der Waals surface area contributed by atoms with Crippen molar-refractivity contribution in [3.8, 4) is 11.5 Å². The maximum Gasteiger partial charge on any atom is 0.160 e. The van der Waals surface area contributed by atoms with Gasteiger partial charge in [0.2, 0.25) is 0 Å². The highest BCUT2D eigenvalue weighted by Gasteiger charge is 2.27. The number of nitrogens with zero attached hydrogens (tertiary/aromatic N) is 1. The molecule has 0 saturated carbocycles. The van der Waals surface area contributed by atoms with Gasteiger partial charge in [0.25, 0.3) is 0 Å². The van der Waals surface area contributed by atoms with Crippen molar-refractivity contribution < 1.29 is 9.47 Å². The molecule has 1 radical (unpaired) electrons. The second kappa shape index (κ2) is 8.69. The van der Waals surface area contributed by atoms with Gasteiger partial charge in [0, 0.05) is 24.3 Å². The highest BCUT2D eigenvalue weighted by atomic mass is 16.5. The molecule has 3 rings (SSSR count). The SMILES string of the molecule is COc1ccc(C2CCN(c3[c]cc(CC(C)C)cc3)C(C)C2)cc1OC. The molecule has 3 heteroatoms. The zero-order valence-electron chi connectivity index (χ0n) is 17.3. The predicted octanol–water partition coefficient (Wildman–Crippen LogP) is 5.47. The number of anilines is 1. The van der Waals surface area contributed by atoms with E-state index in [0.29, 0.717) is 17.9 Å². The summed E-state index contributed by atoms with van der Waals surface area (Å²) in [6, 6.07) is 17.0. The van der Waals surface area contributed by atoms with Crippen molar-refractivity contribution in [1.29, 1.82) is 0 Å². The van der Waals surface area contributed by atoms with E-state index in [1.807, 2.05) is 6.07 Å². The number of rotatable bonds is 6. The Balaban J connectivity index is 1.68. The minimum absolute atomic E-state index is 0.490. The molecular formula is C24H32NO2. The summed E-state index contributed by atoms with van der Waals surface area (Å²) in [6.45, 7) is 7.90. The average molecular weight is 367 g/mol. The van der Waals surface area contributed by atoms with Gasteiger partial charge in [-0.1, -0.05) is 26.0 Å². The third kappa shape index (κ3) is 4.58. The fourth-order valence-electron chi connectivity index (χ4n) is 4.17. The van der Waals surface area contributed by atoms with E-state index < -0.39 is 0 Å². The summed E-state index contributed by atoms with van der Waals surface area (Å²) in [6.07, 6.45) is 3.40. The molecule has 27 heavy (non-hydrogen) atoms. The molecular weight excluding hydrogens is 334 g/mol. The van der Waals surface area contributed by atoms with E-state index >= 15 is 0 Å². The van der Waals surface area contributed by atoms with Gasteiger partial charge in [-0.05, 0) is 73.4 Å². The fourth-order valence-corrected chi connectivity index (χ4v) is 4.17. The molecule has 1 fully saturated rings. The average Bonchev–Trinajstić information content (AvgIpc) is 2.67. The van der Waals surface area contributed by atoms with Crippen LogP contribution < -0.4 is 14.4 Å². The number of hydrogen-bond acceptors (Lipinski definition) is 3. The second-order valence-electron chi connectivity index (χ2n) is 8.06. The quantitative estimate of drug-likeness (QED) is 0.676. The first-order valence-electron chi connectivity index (χ1n) is 10.0. The van der Waals surface area contributed by atoms with Crippen molar-refractivity contribution in [3.05, 3.63) is 53.6 Å². The Morgan fingerprint density at radius 2 is 1.89 bits per heavy atom. The van der Waals surface area contributed by atoms with Gasteiger partial charge in [0.15, 0.2) is 11.5 Å². The smallest absolute Gasteiger partial charge is 0.160 e. The molecule has 0 amide bonds. The Kier molecular flexibility index (Phi) is 6.30. The lowest BCUT2D eigenvalue weighted by Crippen LogP contribution is -2.40. The molecule has 3 nitrogen and oxygen atoms in total.